The van der Waals surface area contributed by atoms with Crippen molar-refractivity contribution in [2.75, 3.05) is 26.4 Å². The fourth-order valence-electron chi connectivity index (χ4n) is 7.31. The molecular weight excluding hydrogens is 848 g/mol. The van der Waals surface area contributed by atoms with E-state index in [1.54, 1.807) is 0 Å². The quantitative estimate of drug-likeness (QED) is 0.0607. The molecule has 0 unspecified atom stereocenters. The lowest BCUT2D eigenvalue weighted by Gasteiger charge is -2.51. The third-order valence-electron chi connectivity index (χ3n) is 10.7. The molecule has 29 heteroatoms. The average molecular weight is 899 g/mol. The Kier molecular flexibility index (Phi) is 16.1. The zero-order chi connectivity index (χ0) is 46.2. The lowest BCUT2D eigenvalue weighted by atomic mass is 9.89. The number of carbonyl (C=O) groups is 4. The summed E-state index contributed by atoms with van der Waals surface area (Å²) in [5, 5.41) is 186. The molecule has 0 aromatic carbocycles. The molecule has 0 spiro atoms. The van der Waals surface area contributed by atoms with E-state index in [1.165, 1.54) is 0 Å². The normalized spacial score (nSPS) is 44.0. The number of hydrogen-bond acceptors (Lipinski definition) is 25. The molecule has 0 bridgehead atoms. The lowest BCUT2D eigenvalue weighted by Crippen LogP contribution is -2.70. The monoisotopic (exact) mass is 898 g/mol. The van der Waals surface area contributed by atoms with Crippen molar-refractivity contribution >= 4 is 23.9 Å². The van der Waals surface area contributed by atoms with Gasteiger partial charge in [-0.15, -0.1) is 0 Å². The molecule has 20 atom stereocenters. The summed E-state index contributed by atoms with van der Waals surface area (Å²) in [5.74, 6) is -22.1. The summed E-state index contributed by atoms with van der Waals surface area (Å²) in [6.07, 6.45) is -41.3. The van der Waals surface area contributed by atoms with Crippen LogP contribution < -0.4 is 0 Å². The molecule has 18 N–H and O–H groups in total. The zero-order valence-corrected chi connectivity index (χ0v) is 31.4. The Bertz CT molecular complexity index is 1550. The van der Waals surface area contributed by atoms with Gasteiger partial charge in [-0.25, -0.2) is 19.2 Å². The van der Waals surface area contributed by atoms with Gasteiger partial charge in [0.1, 0.15) is 73.2 Å². The van der Waals surface area contributed by atoms with Crippen molar-refractivity contribution in [1.82, 2.24) is 0 Å². The number of carboxylic acid groups (broad SMARTS) is 4. The van der Waals surface area contributed by atoms with Crippen molar-refractivity contribution in [2.45, 2.75) is 146 Å². The van der Waals surface area contributed by atoms with Crippen LogP contribution in [0.25, 0.3) is 0 Å². The van der Waals surface area contributed by atoms with E-state index in [2.05, 4.69) is 0 Å². The minimum atomic E-state index is -3.54. The van der Waals surface area contributed by atoms with E-state index in [1.807, 2.05) is 0 Å². The Hall–Kier alpha value is -2.96. The predicted octanol–water partition coefficient (Wildman–Crippen LogP) is -10.4. The predicted molar refractivity (Wildman–Crippen MR) is 179 cm³/mol. The van der Waals surface area contributed by atoms with Crippen molar-refractivity contribution in [3.8, 4) is 0 Å². The molecule has 0 aromatic rings. The van der Waals surface area contributed by atoms with Crippen LogP contribution in [0.2, 0.25) is 0 Å². The topological polar surface area (TPSA) is 497 Å². The standard InChI is InChI=1S/C32H50O29/c33-5-11(38)21-17(42)9(36)1-30(59-21,26(48)49)55-8-14(41)24-20(45)16(57-31(27(50)51)2-10(37)18(43)22(60-31)12(39)6-34)4-32(61-24,28(52)53)56-15-3-29(54,25(46)47)58-23(19(15)44)13(40)7-35/h9-24,33-45,54H,1-8H2,(H,46,47)(H,48,49)(H,50,51)(H,52,53)/t9-,10-,11-,12-,13-,14-,15-,16-,17-,18-,19-,20-,21-,22-,23-,24-,29-,30-,31-,32-/m1/s1. The summed E-state index contributed by atoms with van der Waals surface area (Å²) >= 11 is 0. The summed E-state index contributed by atoms with van der Waals surface area (Å²) < 4.78 is 37.3. The first-order valence-corrected chi connectivity index (χ1v) is 18.3. The Morgan fingerprint density at radius 3 is 1.23 bits per heavy atom. The lowest BCUT2D eigenvalue weighted by molar-refractivity contribution is -0.392. The molecule has 0 aliphatic carbocycles. The summed E-state index contributed by atoms with van der Waals surface area (Å²) in [5.41, 5.74) is 0. The van der Waals surface area contributed by atoms with Crippen LogP contribution in [0, 0.1) is 0 Å². The maximum Gasteiger partial charge on any atom is 0.364 e. The first kappa shape index (κ1) is 50.7. The second kappa shape index (κ2) is 19.4. The van der Waals surface area contributed by atoms with Gasteiger partial charge in [0, 0.05) is 25.7 Å². The summed E-state index contributed by atoms with van der Waals surface area (Å²) in [4.78, 5) is 50.5. The van der Waals surface area contributed by atoms with E-state index >= 15 is 0 Å². The minimum absolute atomic E-state index is 1.14. The van der Waals surface area contributed by atoms with Crippen LogP contribution in [0.1, 0.15) is 25.7 Å². The van der Waals surface area contributed by atoms with Gasteiger partial charge in [0.15, 0.2) is 0 Å². The highest BCUT2D eigenvalue weighted by molar-refractivity contribution is 5.78. The highest BCUT2D eigenvalue weighted by atomic mass is 16.8. The Morgan fingerprint density at radius 1 is 0.492 bits per heavy atom. The first-order chi connectivity index (χ1) is 28.3. The molecule has 352 valence electrons. The molecule has 4 rings (SSSR count). The molecular formula is C32H50O29. The van der Waals surface area contributed by atoms with Gasteiger partial charge in [-0.05, 0) is 0 Å². The van der Waals surface area contributed by atoms with Crippen molar-refractivity contribution in [3.63, 3.8) is 0 Å². The Morgan fingerprint density at radius 2 is 0.836 bits per heavy atom. The molecule has 61 heavy (non-hydrogen) atoms. The summed E-state index contributed by atoms with van der Waals surface area (Å²) in [6.45, 7) is -5.05. The van der Waals surface area contributed by atoms with Crippen molar-refractivity contribution in [3.05, 3.63) is 0 Å². The van der Waals surface area contributed by atoms with Crippen LogP contribution in [-0.4, -0.2) is 263 Å². The molecule has 4 aliphatic rings. The number of aliphatic hydroxyl groups excluding tert-OH is 13. The summed E-state index contributed by atoms with van der Waals surface area (Å²) in [6, 6.07) is 0. The van der Waals surface area contributed by atoms with Gasteiger partial charge in [0.2, 0.25) is 0 Å². The van der Waals surface area contributed by atoms with E-state index in [0.717, 1.165) is 0 Å². The van der Waals surface area contributed by atoms with Gasteiger partial charge in [-0.1, -0.05) is 0 Å². The average Bonchev–Trinajstić information content (AvgIpc) is 3.20. The second-order valence-electron chi connectivity index (χ2n) is 14.9. The van der Waals surface area contributed by atoms with Gasteiger partial charge in [-0.3, -0.25) is 0 Å². The molecule has 4 aliphatic heterocycles. The van der Waals surface area contributed by atoms with Crippen LogP contribution in [0.3, 0.4) is 0 Å². The highest BCUT2D eigenvalue weighted by Gasteiger charge is 2.64. The largest absolute Gasteiger partial charge is 0.477 e. The third kappa shape index (κ3) is 10.1. The molecule has 4 heterocycles. The fraction of sp³-hybridized carbons (Fsp3) is 0.875. The van der Waals surface area contributed by atoms with Crippen LogP contribution in [0.4, 0.5) is 0 Å². The van der Waals surface area contributed by atoms with Crippen LogP contribution in [0.15, 0.2) is 0 Å². The number of carboxylic acids is 4. The maximum atomic E-state index is 13.2. The summed E-state index contributed by atoms with van der Waals surface area (Å²) in [7, 11) is 0. The molecule has 0 amide bonds. The van der Waals surface area contributed by atoms with Crippen LogP contribution in [0.5, 0.6) is 0 Å². The minimum Gasteiger partial charge on any atom is -0.477 e. The van der Waals surface area contributed by atoms with Crippen molar-refractivity contribution in [2.24, 2.45) is 0 Å². The van der Waals surface area contributed by atoms with Crippen LogP contribution in [-0.2, 0) is 52.3 Å². The number of ether oxygens (including phenoxy) is 7. The van der Waals surface area contributed by atoms with Crippen molar-refractivity contribution in [1.29, 1.82) is 0 Å². The van der Waals surface area contributed by atoms with E-state index in [-0.39, 0.29) is 0 Å². The Labute approximate surface area is 341 Å². The molecule has 0 aromatic heterocycles. The number of aliphatic carboxylic acids is 4. The Balaban J connectivity index is 1.80. The highest BCUT2D eigenvalue weighted by Crippen LogP contribution is 2.43. The van der Waals surface area contributed by atoms with E-state index in [4.69, 9.17) is 33.2 Å². The van der Waals surface area contributed by atoms with Crippen LogP contribution >= 0.6 is 0 Å². The van der Waals surface area contributed by atoms with Gasteiger partial charge in [-0.2, -0.15) is 0 Å². The molecule has 0 saturated carbocycles. The third-order valence-corrected chi connectivity index (χ3v) is 10.7. The van der Waals surface area contributed by atoms with E-state index in [9.17, 15) is 111 Å². The van der Waals surface area contributed by atoms with Gasteiger partial charge in [0.25, 0.3) is 23.1 Å². The molecule has 0 radical (unpaired) electrons. The van der Waals surface area contributed by atoms with Crippen molar-refractivity contribution < 1.29 is 144 Å². The molecule has 4 fully saturated rings. The number of hydrogen-bond donors (Lipinski definition) is 18. The SMILES string of the molecule is O=C(O)[C@@]1(O[C@@H]2C[C@](O[C@@H]3C[C@](O)(C(=O)O)O[C@H]([C@H](O)CO)[C@@H]3O)(C(=O)O)O[C@H]([C@H](O)CO[C@]3(C(=O)O)C[C@@H](O)[C@@H](O)[C@@H]([C@H](O)CO)O3)[C@@H]2O)C[C@@H](O)[C@@H](O)[C@@H]([C@H](O)CO)O1. The smallest absolute Gasteiger partial charge is 0.364 e. The number of rotatable bonds is 18. The molecule has 29 nitrogen and oxygen atoms in total. The maximum absolute atomic E-state index is 13.2. The fourth-order valence-corrected chi connectivity index (χ4v) is 7.31. The molecule has 4 saturated heterocycles. The van der Waals surface area contributed by atoms with Gasteiger partial charge in [0.05, 0.1) is 50.8 Å². The van der Waals surface area contributed by atoms with Gasteiger partial charge >= 0.3 is 23.9 Å². The van der Waals surface area contributed by atoms with Gasteiger partial charge < -0.3 is 125 Å². The zero-order valence-electron chi connectivity index (χ0n) is 31.4. The van der Waals surface area contributed by atoms with E-state index < -0.39 is 197 Å². The number of aliphatic hydroxyl groups is 14. The second-order valence-corrected chi connectivity index (χ2v) is 14.9. The first-order valence-electron chi connectivity index (χ1n) is 18.3. The van der Waals surface area contributed by atoms with E-state index in [0.29, 0.717) is 0 Å².